The van der Waals surface area contributed by atoms with E-state index in [1.807, 2.05) is 0 Å². The summed E-state index contributed by atoms with van der Waals surface area (Å²) in [6.45, 7) is 3.87. The first-order valence-corrected chi connectivity index (χ1v) is 6.93. The quantitative estimate of drug-likeness (QED) is 0.647. The number of thiophene rings is 1. The van der Waals surface area contributed by atoms with Gasteiger partial charge >= 0.3 is 0 Å². The molecule has 1 heterocycles. The van der Waals surface area contributed by atoms with Crippen LogP contribution < -0.4 is 0 Å². The zero-order valence-electron chi connectivity index (χ0n) is 9.17. The summed E-state index contributed by atoms with van der Waals surface area (Å²) in [7, 11) is 0. The first-order valence-electron chi connectivity index (χ1n) is 6.12. The Morgan fingerprint density at radius 2 is 2.07 bits per heavy atom. The van der Waals surface area contributed by atoms with Gasteiger partial charge in [-0.05, 0) is 55.6 Å². The summed E-state index contributed by atoms with van der Waals surface area (Å²) >= 11 is 2.07. The van der Waals surface area contributed by atoms with Crippen molar-refractivity contribution in [2.45, 2.75) is 50.4 Å². The van der Waals surface area contributed by atoms with Crippen LogP contribution in [0.2, 0.25) is 0 Å². The molecule has 0 unspecified atom stereocenters. The topological polar surface area (TPSA) is 0 Å². The molecule has 80 valence electrons. The lowest BCUT2D eigenvalue weighted by atomic mass is 9.84. The summed E-state index contributed by atoms with van der Waals surface area (Å²) in [6, 6.07) is 2.52. The maximum Gasteiger partial charge on any atom is 0.0121 e. The molecule has 0 spiro atoms. The van der Waals surface area contributed by atoms with Gasteiger partial charge < -0.3 is 0 Å². The molecule has 3 rings (SSSR count). The van der Waals surface area contributed by atoms with Gasteiger partial charge in [-0.2, -0.15) is 0 Å². The van der Waals surface area contributed by atoms with E-state index in [9.17, 15) is 0 Å². The third-order valence-corrected chi connectivity index (χ3v) is 5.05. The van der Waals surface area contributed by atoms with Crippen LogP contribution in [0.3, 0.4) is 0 Å². The van der Waals surface area contributed by atoms with Crippen LogP contribution in [-0.4, -0.2) is 0 Å². The molecule has 0 bridgehead atoms. The first kappa shape index (κ1) is 9.65. The Morgan fingerprint density at radius 1 is 1.27 bits per heavy atom. The van der Waals surface area contributed by atoms with Gasteiger partial charge in [0.15, 0.2) is 0 Å². The van der Waals surface area contributed by atoms with Crippen LogP contribution in [0.5, 0.6) is 0 Å². The average molecular weight is 218 g/mol. The predicted octanol–water partition coefficient (Wildman–Crippen LogP) is 4.62. The third-order valence-electron chi connectivity index (χ3n) is 3.72. The van der Waals surface area contributed by atoms with E-state index in [0.29, 0.717) is 0 Å². The average Bonchev–Trinajstić information content (AvgIpc) is 2.89. The molecule has 0 amide bonds. The molecular weight excluding hydrogens is 200 g/mol. The smallest absolute Gasteiger partial charge is 0.0121 e. The molecule has 0 N–H and O–H groups in total. The molecule has 1 aromatic heterocycles. The zero-order valence-corrected chi connectivity index (χ0v) is 9.98. The van der Waals surface area contributed by atoms with Gasteiger partial charge in [0, 0.05) is 9.75 Å². The van der Waals surface area contributed by atoms with Crippen molar-refractivity contribution in [3.63, 3.8) is 0 Å². The van der Waals surface area contributed by atoms with E-state index in [0.717, 1.165) is 18.3 Å². The molecule has 2 fully saturated rings. The van der Waals surface area contributed by atoms with Gasteiger partial charge in [0.05, 0.1) is 0 Å². The Bertz CT molecular complexity index is 367. The summed E-state index contributed by atoms with van der Waals surface area (Å²) in [6.07, 6.45) is 10.3. The van der Waals surface area contributed by atoms with Crippen LogP contribution in [0, 0.1) is 0 Å². The minimum Gasteiger partial charge on any atom is -0.144 e. The molecule has 1 heteroatoms. The largest absolute Gasteiger partial charge is 0.144 e. The fourth-order valence-corrected chi connectivity index (χ4v) is 3.81. The molecule has 0 atom stereocenters. The molecule has 0 aliphatic heterocycles. The monoisotopic (exact) mass is 218 g/mol. The Balaban J connectivity index is 1.88. The highest BCUT2D eigenvalue weighted by atomic mass is 32.1. The summed E-state index contributed by atoms with van der Waals surface area (Å²) < 4.78 is 0. The number of hydrogen-bond acceptors (Lipinski definition) is 1. The van der Waals surface area contributed by atoms with E-state index < -0.39 is 0 Å². The predicted molar refractivity (Wildman–Crippen MR) is 66.8 cm³/mol. The van der Waals surface area contributed by atoms with Crippen molar-refractivity contribution in [1.29, 1.82) is 0 Å². The van der Waals surface area contributed by atoms with Crippen LogP contribution >= 0.6 is 11.3 Å². The van der Waals surface area contributed by atoms with Crippen molar-refractivity contribution in [3.05, 3.63) is 34.0 Å². The number of rotatable bonds is 4. The molecule has 2 aliphatic rings. The van der Waals surface area contributed by atoms with Crippen LogP contribution in [0.15, 0.2) is 18.7 Å². The van der Waals surface area contributed by atoms with Gasteiger partial charge in [-0.3, -0.25) is 0 Å². The van der Waals surface area contributed by atoms with Crippen LogP contribution in [-0.2, 0) is 6.42 Å². The van der Waals surface area contributed by atoms with Gasteiger partial charge in [0.2, 0.25) is 0 Å². The maximum absolute atomic E-state index is 3.87. The fourth-order valence-electron chi connectivity index (χ4n) is 2.39. The molecule has 15 heavy (non-hydrogen) atoms. The minimum atomic E-state index is 0.907. The molecule has 0 radical (unpaired) electrons. The van der Waals surface area contributed by atoms with Gasteiger partial charge in [0.25, 0.3) is 0 Å². The highest BCUT2D eigenvalue weighted by Gasteiger charge is 2.30. The normalized spacial score (nSPS) is 21.3. The molecular formula is C14H18S. The zero-order chi connectivity index (χ0) is 10.3. The van der Waals surface area contributed by atoms with Crippen molar-refractivity contribution in [1.82, 2.24) is 0 Å². The summed E-state index contributed by atoms with van der Waals surface area (Å²) in [5.74, 6) is 1.82. The molecule has 0 aromatic carbocycles. The standard InChI is InChI=1S/C14H18S/c1-2-4-13-12(10-7-8-10)9-14(15-13)11-5-3-6-11/h2,9-11H,1,3-8H2. The molecule has 0 nitrogen and oxygen atoms in total. The van der Waals surface area contributed by atoms with Crippen LogP contribution in [0.1, 0.15) is 59.3 Å². The third kappa shape index (κ3) is 1.78. The van der Waals surface area contributed by atoms with Crippen LogP contribution in [0.25, 0.3) is 0 Å². The van der Waals surface area contributed by atoms with Gasteiger partial charge in [-0.1, -0.05) is 12.5 Å². The highest BCUT2D eigenvalue weighted by molar-refractivity contribution is 7.12. The lowest BCUT2D eigenvalue weighted by Crippen LogP contribution is -2.06. The molecule has 0 saturated heterocycles. The second-order valence-electron chi connectivity index (χ2n) is 4.92. The summed E-state index contributed by atoms with van der Waals surface area (Å²) in [4.78, 5) is 3.27. The highest BCUT2D eigenvalue weighted by Crippen LogP contribution is 2.48. The molecule has 2 aliphatic carbocycles. The summed E-state index contributed by atoms with van der Waals surface area (Å²) in [5, 5.41) is 0. The van der Waals surface area contributed by atoms with E-state index in [-0.39, 0.29) is 0 Å². The van der Waals surface area contributed by atoms with Gasteiger partial charge in [0.1, 0.15) is 0 Å². The van der Waals surface area contributed by atoms with E-state index in [1.54, 1.807) is 15.3 Å². The van der Waals surface area contributed by atoms with Gasteiger partial charge in [-0.15, -0.1) is 17.9 Å². The van der Waals surface area contributed by atoms with E-state index in [1.165, 1.54) is 32.1 Å². The second kappa shape index (κ2) is 3.79. The Labute approximate surface area is 96.0 Å². The number of hydrogen-bond donors (Lipinski definition) is 0. The lowest BCUT2D eigenvalue weighted by molar-refractivity contribution is 0.425. The lowest BCUT2D eigenvalue weighted by Gasteiger charge is -2.23. The van der Waals surface area contributed by atoms with Crippen molar-refractivity contribution < 1.29 is 0 Å². The summed E-state index contributed by atoms with van der Waals surface area (Å²) in [5.41, 5.74) is 1.67. The number of allylic oxidation sites excluding steroid dienone is 1. The van der Waals surface area contributed by atoms with Gasteiger partial charge in [-0.25, -0.2) is 0 Å². The van der Waals surface area contributed by atoms with Crippen molar-refractivity contribution in [2.24, 2.45) is 0 Å². The van der Waals surface area contributed by atoms with Crippen molar-refractivity contribution in [2.75, 3.05) is 0 Å². The Morgan fingerprint density at radius 3 is 2.60 bits per heavy atom. The fraction of sp³-hybridized carbons (Fsp3) is 0.571. The van der Waals surface area contributed by atoms with E-state index in [4.69, 9.17) is 0 Å². The van der Waals surface area contributed by atoms with E-state index in [2.05, 4.69) is 30.1 Å². The Kier molecular flexibility index (Phi) is 2.44. The van der Waals surface area contributed by atoms with Crippen molar-refractivity contribution >= 4 is 11.3 Å². The maximum atomic E-state index is 3.87. The Hall–Kier alpha value is -0.560. The van der Waals surface area contributed by atoms with E-state index >= 15 is 0 Å². The second-order valence-corrected chi connectivity index (χ2v) is 6.09. The van der Waals surface area contributed by atoms with Crippen LogP contribution in [0.4, 0.5) is 0 Å². The molecule has 1 aromatic rings. The SMILES string of the molecule is C=CCc1sc(C2CCC2)cc1C1CC1. The minimum absolute atomic E-state index is 0.907. The van der Waals surface area contributed by atoms with Crippen molar-refractivity contribution in [3.8, 4) is 0 Å². The first-order chi connectivity index (χ1) is 7.38. The molecule has 2 saturated carbocycles.